The minimum atomic E-state index is 0.142. The molecule has 5 heteroatoms. The maximum atomic E-state index is 11.8. The van der Waals surface area contributed by atoms with Crippen molar-refractivity contribution in [3.8, 4) is 11.1 Å². The zero-order valence-electron chi connectivity index (χ0n) is 14.6. The fourth-order valence-corrected chi connectivity index (χ4v) is 3.24. The monoisotopic (exact) mass is 324 g/mol. The molecule has 0 aliphatic carbocycles. The summed E-state index contributed by atoms with van der Waals surface area (Å²) < 4.78 is 0. The number of anilines is 1. The molecule has 1 aromatic heterocycles. The lowest BCUT2D eigenvalue weighted by molar-refractivity contribution is -0.130. The van der Waals surface area contributed by atoms with Gasteiger partial charge in [-0.2, -0.15) is 0 Å². The van der Waals surface area contributed by atoms with Gasteiger partial charge in [0.15, 0.2) is 0 Å². The van der Waals surface area contributed by atoms with Crippen LogP contribution in [0.3, 0.4) is 0 Å². The Labute approximate surface area is 143 Å². The molecule has 5 nitrogen and oxygen atoms in total. The van der Waals surface area contributed by atoms with Crippen molar-refractivity contribution >= 4 is 11.9 Å². The lowest BCUT2D eigenvalue weighted by atomic mass is 9.90. The summed E-state index contributed by atoms with van der Waals surface area (Å²) in [7, 11) is 3.90. The molecule has 2 aromatic rings. The molecule has 0 spiro atoms. The van der Waals surface area contributed by atoms with Crippen molar-refractivity contribution in [1.82, 2.24) is 14.9 Å². The molecule has 1 amide bonds. The highest BCUT2D eigenvalue weighted by atomic mass is 16.2. The van der Waals surface area contributed by atoms with E-state index in [0.717, 1.165) is 42.8 Å². The Hall–Kier alpha value is -2.43. The van der Waals surface area contributed by atoms with Gasteiger partial charge in [-0.05, 0) is 18.4 Å². The number of carbonyl (C=O) groups excluding carboxylic acids is 1. The van der Waals surface area contributed by atoms with E-state index in [2.05, 4.69) is 17.1 Å². The lowest BCUT2D eigenvalue weighted by Gasteiger charge is -2.32. The number of hydrogen-bond donors (Lipinski definition) is 0. The molecule has 0 unspecified atom stereocenters. The molecule has 1 aliphatic rings. The number of hydrogen-bond acceptors (Lipinski definition) is 4. The molecule has 2 heterocycles. The largest absolute Gasteiger partial charge is 0.347 e. The average molecular weight is 324 g/mol. The average Bonchev–Trinajstić information content (AvgIpc) is 2.62. The van der Waals surface area contributed by atoms with Crippen LogP contribution in [-0.2, 0) is 4.79 Å². The van der Waals surface area contributed by atoms with Crippen molar-refractivity contribution in [2.24, 2.45) is 0 Å². The molecule has 1 aromatic carbocycles. The van der Waals surface area contributed by atoms with Crippen LogP contribution >= 0.6 is 0 Å². The molecule has 1 aliphatic heterocycles. The highest BCUT2D eigenvalue weighted by Crippen LogP contribution is 2.33. The van der Waals surface area contributed by atoms with E-state index in [-0.39, 0.29) is 11.8 Å². The summed E-state index contributed by atoms with van der Waals surface area (Å²) in [5.41, 5.74) is 3.24. The standard InChI is InChI=1S/C19H24N4O/c1-14(24)23-11-7-10-16(13-23)18-17(15-8-5-4-6-9-15)12-20-19(21-18)22(2)3/h4-6,8-9,12,16H,7,10-11,13H2,1-3H3/t16-/m1/s1. The lowest BCUT2D eigenvalue weighted by Crippen LogP contribution is -2.38. The quantitative estimate of drug-likeness (QED) is 0.871. The minimum absolute atomic E-state index is 0.142. The van der Waals surface area contributed by atoms with Crippen molar-refractivity contribution in [2.45, 2.75) is 25.7 Å². The van der Waals surface area contributed by atoms with E-state index in [0.29, 0.717) is 5.95 Å². The number of rotatable bonds is 3. The van der Waals surface area contributed by atoms with Gasteiger partial charge in [0.05, 0.1) is 5.69 Å². The molecule has 1 saturated heterocycles. The van der Waals surface area contributed by atoms with E-state index >= 15 is 0 Å². The van der Waals surface area contributed by atoms with Crippen LogP contribution in [0.2, 0.25) is 0 Å². The molecule has 0 saturated carbocycles. The zero-order valence-corrected chi connectivity index (χ0v) is 14.6. The maximum Gasteiger partial charge on any atom is 0.225 e. The number of likely N-dealkylation sites (tertiary alicyclic amines) is 1. The van der Waals surface area contributed by atoms with Crippen molar-refractivity contribution < 1.29 is 4.79 Å². The van der Waals surface area contributed by atoms with Crippen LogP contribution in [0.15, 0.2) is 36.5 Å². The van der Waals surface area contributed by atoms with Gasteiger partial charge < -0.3 is 9.80 Å². The van der Waals surface area contributed by atoms with E-state index in [1.807, 2.05) is 48.3 Å². The summed E-state index contributed by atoms with van der Waals surface area (Å²) in [6.45, 7) is 3.23. The van der Waals surface area contributed by atoms with Gasteiger partial charge in [-0.3, -0.25) is 4.79 Å². The summed E-state index contributed by atoms with van der Waals surface area (Å²) in [5.74, 6) is 1.10. The predicted octanol–water partition coefficient (Wildman–Crippen LogP) is 2.94. The summed E-state index contributed by atoms with van der Waals surface area (Å²) in [6, 6.07) is 10.2. The highest BCUT2D eigenvalue weighted by Gasteiger charge is 2.27. The molecular weight excluding hydrogens is 300 g/mol. The van der Waals surface area contributed by atoms with Crippen LogP contribution in [0.5, 0.6) is 0 Å². The smallest absolute Gasteiger partial charge is 0.225 e. The van der Waals surface area contributed by atoms with Crippen LogP contribution in [0.25, 0.3) is 11.1 Å². The summed E-state index contributed by atoms with van der Waals surface area (Å²) in [4.78, 5) is 25.0. The predicted molar refractivity (Wildman–Crippen MR) is 96.0 cm³/mol. The molecule has 3 rings (SSSR count). The van der Waals surface area contributed by atoms with E-state index < -0.39 is 0 Å². The first kappa shape index (κ1) is 16.4. The molecular formula is C19H24N4O. The second kappa shape index (κ2) is 6.99. The zero-order chi connectivity index (χ0) is 17.1. The molecule has 24 heavy (non-hydrogen) atoms. The Morgan fingerprint density at radius 2 is 2.00 bits per heavy atom. The van der Waals surface area contributed by atoms with Gasteiger partial charge in [0, 0.05) is 51.8 Å². The van der Waals surface area contributed by atoms with Gasteiger partial charge in [-0.25, -0.2) is 9.97 Å². The van der Waals surface area contributed by atoms with E-state index in [1.165, 1.54) is 0 Å². The normalized spacial score (nSPS) is 17.6. The van der Waals surface area contributed by atoms with Gasteiger partial charge >= 0.3 is 0 Å². The maximum absolute atomic E-state index is 11.8. The van der Waals surface area contributed by atoms with Crippen LogP contribution in [0.4, 0.5) is 5.95 Å². The van der Waals surface area contributed by atoms with Gasteiger partial charge in [0.1, 0.15) is 0 Å². The van der Waals surface area contributed by atoms with Crippen LogP contribution < -0.4 is 4.90 Å². The number of aromatic nitrogens is 2. The Kier molecular flexibility index (Phi) is 4.79. The van der Waals surface area contributed by atoms with Crippen molar-refractivity contribution in [3.05, 3.63) is 42.2 Å². The first-order chi connectivity index (χ1) is 11.6. The fourth-order valence-electron chi connectivity index (χ4n) is 3.24. The number of benzene rings is 1. The van der Waals surface area contributed by atoms with Crippen molar-refractivity contribution in [3.63, 3.8) is 0 Å². The number of carbonyl (C=O) groups is 1. The summed E-state index contributed by atoms with van der Waals surface area (Å²) in [5, 5.41) is 0. The van der Waals surface area contributed by atoms with Crippen LogP contribution in [0.1, 0.15) is 31.4 Å². The Morgan fingerprint density at radius 3 is 2.67 bits per heavy atom. The third-order valence-electron chi connectivity index (χ3n) is 4.54. The third kappa shape index (κ3) is 3.40. The van der Waals surface area contributed by atoms with Crippen molar-refractivity contribution in [2.75, 3.05) is 32.1 Å². The number of piperidine rings is 1. The Bertz CT molecular complexity index is 715. The van der Waals surface area contributed by atoms with E-state index in [1.54, 1.807) is 6.92 Å². The van der Waals surface area contributed by atoms with Crippen LogP contribution in [0, 0.1) is 0 Å². The number of nitrogens with zero attached hydrogens (tertiary/aromatic N) is 4. The Balaban J connectivity index is 2.03. The molecule has 1 fully saturated rings. The second-order valence-electron chi connectivity index (χ2n) is 6.53. The van der Waals surface area contributed by atoms with Gasteiger partial charge in [-0.15, -0.1) is 0 Å². The van der Waals surface area contributed by atoms with Gasteiger partial charge in [0.2, 0.25) is 11.9 Å². The van der Waals surface area contributed by atoms with Crippen molar-refractivity contribution in [1.29, 1.82) is 0 Å². The molecule has 0 N–H and O–H groups in total. The van der Waals surface area contributed by atoms with E-state index in [9.17, 15) is 4.79 Å². The Morgan fingerprint density at radius 1 is 1.25 bits per heavy atom. The molecule has 1 atom stereocenters. The first-order valence-corrected chi connectivity index (χ1v) is 8.41. The summed E-state index contributed by atoms with van der Waals surface area (Å²) >= 11 is 0. The highest BCUT2D eigenvalue weighted by molar-refractivity contribution is 5.73. The SMILES string of the molecule is CC(=O)N1CCC[C@@H](c2nc(N(C)C)ncc2-c2ccccc2)C1. The molecule has 0 bridgehead atoms. The van der Waals surface area contributed by atoms with E-state index in [4.69, 9.17) is 4.98 Å². The minimum Gasteiger partial charge on any atom is -0.347 e. The third-order valence-corrected chi connectivity index (χ3v) is 4.54. The van der Waals surface area contributed by atoms with Gasteiger partial charge in [0.25, 0.3) is 0 Å². The van der Waals surface area contributed by atoms with Crippen LogP contribution in [-0.4, -0.2) is 48.0 Å². The molecule has 126 valence electrons. The topological polar surface area (TPSA) is 49.3 Å². The second-order valence-corrected chi connectivity index (χ2v) is 6.53. The first-order valence-electron chi connectivity index (χ1n) is 8.41. The molecule has 0 radical (unpaired) electrons. The van der Waals surface area contributed by atoms with Gasteiger partial charge in [-0.1, -0.05) is 30.3 Å². The number of amides is 1. The fraction of sp³-hybridized carbons (Fsp3) is 0.421. The summed E-state index contributed by atoms with van der Waals surface area (Å²) in [6.07, 6.45) is 3.98.